The van der Waals surface area contributed by atoms with Crippen molar-refractivity contribution in [1.29, 1.82) is 0 Å². The molecule has 2 rings (SSSR count). The lowest BCUT2D eigenvalue weighted by Gasteiger charge is -2.49. The van der Waals surface area contributed by atoms with Crippen LogP contribution in [-0.2, 0) is 39.1 Å². The highest BCUT2D eigenvalue weighted by atomic mass is 17.3. The summed E-state index contributed by atoms with van der Waals surface area (Å²) in [5.41, 5.74) is -1.68. The maximum absolute atomic E-state index is 6.00. The summed E-state index contributed by atoms with van der Waals surface area (Å²) in [6.07, 6.45) is 7.32. The zero-order chi connectivity index (χ0) is 29.8. The van der Waals surface area contributed by atoms with Gasteiger partial charge in [-0.25, -0.2) is 29.3 Å². The van der Waals surface area contributed by atoms with Crippen molar-refractivity contribution in [3.63, 3.8) is 0 Å². The smallest absolute Gasteiger partial charge is 0.234 e. The molecule has 2 fully saturated rings. The lowest BCUT2D eigenvalue weighted by atomic mass is 9.59. The molecule has 8 heteroatoms. The van der Waals surface area contributed by atoms with Gasteiger partial charge in [0, 0.05) is 12.8 Å². The molecule has 0 bridgehead atoms. The molecule has 2 saturated carbocycles. The van der Waals surface area contributed by atoms with Crippen LogP contribution in [0.25, 0.3) is 0 Å². The van der Waals surface area contributed by atoms with E-state index in [1.165, 1.54) is 0 Å². The van der Waals surface area contributed by atoms with Crippen LogP contribution in [0.2, 0.25) is 0 Å². The fourth-order valence-electron chi connectivity index (χ4n) is 5.23. The summed E-state index contributed by atoms with van der Waals surface area (Å²) in [6, 6.07) is 0. The van der Waals surface area contributed by atoms with Crippen molar-refractivity contribution in [2.24, 2.45) is 17.3 Å². The lowest BCUT2D eigenvalue weighted by molar-refractivity contribution is -0.547. The Bertz CT molecular complexity index is 691. The molecule has 0 heterocycles. The van der Waals surface area contributed by atoms with E-state index in [1.54, 1.807) is 0 Å². The minimum absolute atomic E-state index is 0.0803. The van der Waals surface area contributed by atoms with Crippen molar-refractivity contribution in [3.05, 3.63) is 0 Å². The van der Waals surface area contributed by atoms with Gasteiger partial charge in [0.05, 0.1) is 35.1 Å². The average molecular weight is 561 g/mol. The molecule has 8 nitrogen and oxygen atoms in total. The molecule has 0 aromatic rings. The van der Waals surface area contributed by atoms with Crippen LogP contribution in [0.15, 0.2) is 0 Å². The largest absolute Gasteiger partial charge is 0.236 e. The first-order valence-electron chi connectivity index (χ1n) is 15.0. The van der Waals surface area contributed by atoms with Gasteiger partial charge in [0.15, 0.2) is 0 Å². The Labute approximate surface area is 238 Å². The van der Waals surface area contributed by atoms with Gasteiger partial charge in [0.2, 0.25) is 5.79 Å². The highest BCUT2D eigenvalue weighted by molar-refractivity contribution is 4.95. The van der Waals surface area contributed by atoms with E-state index in [0.29, 0.717) is 31.3 Å². The van der Waals surface area contributed by atoms with E-state index >= 15 is 0 Å². The fraction of sp³-hybridized carbons (Fsp3) is 1.00. The third kappa shape index (κ3) is 12.6. The molecule has 2 aliphatic carbocycles. The fourth-order valence-corrected chi connectivity index (χ4v) is 5.23. The first kappa shape index (κ1) is 34.9. The molecule has 0 saturated heterocycles. The molecule has 0 spiro atoms. The van der Waals surface area contributed by atoms with E-state index in [0.717, 1.165) is 38.5 Å². The van der Waals surface area contributed by atoms with Crippen molar-refractivity contribution in [1.82, 2.24) is 0 Å². The zero-order valence-electron chi connectivity index (χ0n) is 27.4. The summed E-state index contributed by atoms with van der Waals surface area (Å²) >= 11 is 0. The predicted octanol–water partition coefficient (Wildman–Crippen LogP) is 8.42. The molecule has 39 heavy (non-hydrogen) atoms. The van der Waals surface area contributed by atoms with Gasteiger partial charge in [-0.15, -0.1) is 0 Å². The second-order valence-corrected chi connectivity index (χ2v) is 16.0. The number of rotatable bonds is 11. The second-order valence-electron chi connectivity index (χ2n) is 16.0. The molecular weight excluding hydrogens is 500 g/mol. The maximum Gasteiger partial charge on any atom is 0.234 e. The Hall–Kier alpha value is -0.320. The van der Waals surface area contributed by atoms with Crippen LogP contribution in [-0.4, -0.2) is 40.9 Å². The molecule has 0 aliphatic heterocycles. The summed E-state index contributed by atoms with van der Waals surface area (Å²) in [6.45, 7) is 26.8. The van der Waals surface area contributed by atoms with Gasteiger partial charge in [-0.3, -0.25) is 0 Å². The van der Waals surface area contributed by atoms with E-state index in [2.05, 4.69) is 6.92 Å². The molecule has 0 radical (unpaired) electrons. The predicted molar refractivity (Wildman–Crippen MR) is 151 cm³/mol. The molecule has 0 N–H and O–H groups in total. The summed E-state index contributed by atoms with van der Waals surface area (Å²) in [5.74, 6) is -0.0678. The highest BCUT2D eigenvalue weighted by Crippen LogP contribution is 2.52. The monoisotopic (exact) mass is 560 g/mol. The van der Waals surface area contributed by atoms with Gasteiger partial charge in [0.1, 0.15) is 0 Å². The van der Waals surface area contributed by atoms with Crippen molar-refractivity contribution in [2.75, 3.05) is 6.61 Å². The highest BCUT2D eigenvalue weighted by Gasteiger charge is 2.50. The third-order valence-corrected chi connectivity index (χ3v) is 7.29. The second kappa shape index (κ2) is 13.3. The summed E-state index contributed by atoms with van der Waals surface area (Å²) in [5, 5.41) is 0. The molecule has 2 aliphatic rings. The Morgan fingerprint density at radius 3 is 1.33 bits per heavy atom. The van der Waals surface area contributed by atoms with Crippen LogP contribution >= 0.6 is 0 Å². The van der Waals surface area contributed by atoms with Crippen molar-refractivity contribution >= 4 is 0 Å². The van der Waals surface area contributed by atoms with Crippen molar-refractivity contribution < 1.29 is 39.1 Å². The zero-order valence-corrected chi connectivity index (χ0v) is 27.4. The minimum atomic E-state index is -0.948. The third-order valence-electron chi connectivity index (χ3n) is 7.29. The molecule has 232 valence electrons. The van der Waals surface area contributed by atoms with Crippen LogP contribution < -0.4 is 0 Å². The number of hydrogen-bond acceptors (Lipinski definition) is 8. The molecule has 0 amide bonds. The molecule has 1 atom stereocenters. The molecular formula is C31H60O8. The topological polar surface area (TPSA) is 73.8 Å². The quantitative estimate of drug-likeness (QED) is 0.142. The van der Waals surface area contributed by atoms with Crippen LogP contribution in [0.4, 0.5) is 0 Å². The van der Waals surface area contributed by atoms with Crippen LogP contribution in [0.5, 0.6) is 0 Å². The number of hydrogen-bond donors (Lipinski definition) is 0. The van der Waals surface area contributed by atoms with E-state index in [1.807, 2.05) is 83.1 Å². The maximum atomic E-state index is 6.00. The molecule has 0 aromatic heterocycles. The van der Waals surface area contributed by atoms with E-state index in [4.69, 9.17) is 39.1 Å². The van der Waals surface area contributed by atoms with Crippen molar-refractivity contribution in [2.45, 2.75) is 176 Å². The van der Waals surface area contributed by atoms with Crippen LogP contribution in [0, 0.1) is 17.3 Å². The Balaban J connectivity index is 2.14. The van der Waals surface area contributed by atoms with Gasteiger partial charge >= 0.3 is 0 Å². The first-order chi connectivity index (χ1) is 17.6. The van der Waals surface area contributed by atoms with E-state index in [9.17, 15) is 0 Å². The average Bonchev–Trinajstić information content (AvgIpc) is 2.79. The standard InChI is InChI=1S/C31H60O8/c1-26(2,3)34-32-22-30(13,23-14-16-25(17-15-23)33-35-27(4,5)6)24-18-20-31(21-19-24,38-36-28(7,8)9)39-37-29(10,11)12/h23-25H,14-22H2,1-13H3. The van der Waals surface area contributed by atoms with Gasteiger partial charge < -0.3 is 0 Å². The first-order valence-corrected chi connectivity index (χ1v) is 15.0. The van der Waals surface area contributed by atoms with Crippen LogP contribution in [0.1, 0.15) is 141 Å². The van der Waals surface area contributed by atoms with Gasteiger partial charge in [-0.1, -0.05) is 6.92 Å². The SMILES string of the molecule is CC(C)(C)OOCC(C)(C1CCC(OOC(C)(C)C)CC1)C1CCC(OOC(C)(C)C)(OOC(C)(C)C)CC1. The lowest BCUT2D eigenvalue weighted by Crippen LogP contribution is -2.49. The minimum Gasteiger partial charge on any atom is -0.236 e. The van der Waals surface area contributed by atoms with Crippen LogP contribution in [0.3, 0.4) is 0 Å². The molecule has 1 unspecified atom stereocenters. The van der Waals surface area contributed by atoms with Gasteiger partial charge in [-0.2, -0.15) is 9.78 Å². The van der Waals surface area contributed by atoms with Gasteiger partial charge in [0.25, 0.3) is 0 Å². The van der Waals surface area contributed by atoms with Crippen molar-refractivity contribution in [3.8, 4) is 0 Å². The Kier molecular flexibility index (Phi) is 11.9. The Morgan fingerprint density at radius 2 is 0.923 bits per heavy atom. The summed E-state index contributed by atoms with van der Waals surface area (Å²) in [4.78, 5) is 46.7. The van der Waals surface area contributed by atoms with E-state index < -0.39 is 17.0 Å². The summed E-state index contributed by atoms with van der Waals surface area (Å²) in [7, 11) is 0. The summed E-state index contributed by atoms with van der Waals surface area (Å²) < 4.78 is 0. The molecule has 0 aromatic carbocycles. The normalized spacial score (nSPS) is 25.5. The van der Waals surface area contributed by atoms with Gasteiger partial charge in [-0.05, 0) is 139 Å². The Morgan fingerprint density at radius 1 is 0.513 bits per heavy atom. The van der Waals surface area contributed by atoms with E-state index in [-0.39, 0.29) is 22.7 Å².